The number of benzene rings is 3. The van der Waals surface area contributed by atoms with Crippen LogP contribution >= 0.6 is 0 Å². The van der Waals surface area contributed by atoms with Gasteiger partial charge in [-0.2, -0.15) is 0 Å². The van der Waals surface area contributed by atoms with Gasteiger partial charge in [-0.05, 0) is 42.8 Å². The summed E-state index contributed by atoms with van der Waals surface area (Å²) in [6.45, 7) is 6.32. The van der Waals surface area contributed by atoms with E-state index in [1.807, 2.05) is 49.4 Å². The molecule has 0 aliphatic heterocycles. The van der Waals surface area contributed by atoms with Gasteiger partial charge >= 0.3 is 0 Å². The van der Waals surface area contributed by atoms with Crippen LogP contribution in [0.2, 0.25) is 0 Å². The molecule has 0 aliphatic rings. The van der Waals surface area contributed by atoms with Gasteiger partial charge in [-0.15, -0.1) is 0 Å². The molecule has 0 unspecified atom stereocenters. The van der Waals surface area contributed by atoms with Crippen molar-refractivity contribution >= 4 is 16.5 Å². The predicted octanol–water partition coefficient (Wildman–Crippen LogP) is 6.52. The lowest BCUT2D eigenvalue weighted by Gasteiger charge is -2.14. The van der Waals surface area contributed by atoms with E-state index in [9.17, 15) is 0 Å². The van der Waals surface area contributed by atoms with Crippen molar-refractivity contribution in [3.05, 3.63) is 65.9 Å². The highest BCUT2D eigenvalue weighted by atomic mass is 16.5. The summed E-state index contributed by atoms with van der Waals surface area (Å²) < 4.78 is 39.5. The largest absolute Gasteiger partial charge is 0.497 e. The first-order valence-corrected chi connectivity index (χ1v) is 11.2. The maximum atomic E-state index is 6.30. The number of methoxy groups -OCH3 is 6. The average molecular weight is 491 g/mol. The fourth-order valence-corrected chi connectivity index (χ4v) is 4.32. The van der Waals surface area contributed by atoms with E-state index in [1.165, 1.54) is 0 Å². The van der Waals surface area contributed by atoms with Crippen LogP contribution in [0.1, 0.15) is 16.9 Å². The monoisotopic (exact) mass is 490 g/mol. The summed E-state index contributed by atoms with van der Waals surface area (Å²) in [4.78, 5) is 0. The summed E-state index contributed by atoms with van der Waals surface area (Å²) >= 11 is 0. The lowest BCUT2D eigenvalue weighted by Crippen LogP contribution is -1.97. The van der Waals surface area contributed by atoms with Gasteiger partial charge in [-0.3, -0.25) is 0 Å². The fraction of sp³-hybridized carbons (Fsp3) is 0.241. The summed E-state index contributed by atoms with van der Waals surface area (Å²) in [5.41, 5.74) is 4.85. The average Bonchev–Trinajstić information content (AvgIpc) is 3.25. The summed E-state index contributed by atoms with van der Waals surface area (Å²) in [7, 11) is 9.62. The van der Waals surface area contributed by atoms with E-state index in [2.05, 4.69) is 6.58 Å². The van der Waals surface area contributed by atoms with Gasteiger partial charge in [-0.25, -0.2) is 0 Å². The molecule has 0 amide bonds. The Kier molecular flexibility index (Phi) is 7.01. The van der Waals surface area contributed by atoms with Gasteiger partial charge in [0, 0.05) is 39.8 Å². The molecule has 0 fully saturated rings. The summed E-state index contributed by atoms with van der Waals surface area (Å²) in [5, 5.41) is 0.937. The van der Waals surface area contributed by atoms with Crippen LogP contribution in [0.25, 0.3) is 27.7 Å². The fourth-order valence-electron chi connectivity index (χ4n) is 4.32. The van der Waals surface area contributed by atoms with Crippen molar-refractivity contribution in [2.75, 3.05) is 42.7 Å². The van der Waals surface area contributed by atoms with E-state index < -0.39 is 0 Å². The molecule has 1 aromatic heterocycles. The van der Waals surface area contributed by atoms with Crippen LogP contribution in [-0.4, -0.2) is 42.7 Å². The number of fused-ring (bicyclic) bond motifs is 1. The van der Waals surface area contributed by atoms with Gasteiger partial charge < -0.3 is 32.8 Å². The quantitative estimate of drug-likeness (QED) is 0.264. The van der Waals surface area contributed by atoms with Gasteiger partial charge in [0.15, 0.2) is 11.5 Å². The first kappa shape index (κ1) is 24.9. The van der Waals surface area contributed by atoms with Crippen molar-refractivity contribution < 1.29 is 32.8 Å². The maximum absolute atomic E-state index is 6.30. The number of aryl methyl sites for hydroxylation is 1. The first-order chi connectivity index (χ1) is 17.4. The molecular formula is C29H30O7. The van der Waals surface area contributed by atoms with E-state index >= 15 is 0 Å². The van der Waals surface area contributed by atoms with Crippen molar-refractivity contribution in [2.24, 2.45) is 0 Å². The Balaban J connectivity index is 1.87. The van der Waals surface area contributed by atoms with E-state index in [4.69, 9.17) is 32.8 Å². The zero-order chi connectivity index (χ0) is 26.0. The predicted molar refractivity (Wildman–Crippen MR) is 140 cm³/mol. The third kappa shape index (κ3) is 4.17. The summed E-state index contributed by atoms with van der Waals surface area (Å²) in [6, 6.07) is 13.3. The molecule has 0 saturated carbocycles. The maximum Gasteiger partial charge on any atom is 0.203 e. The Morgan fingerprint density at radius 1 is 0.667 bits per heavy atom. The van der Waals surface area contributed by atoms with E-state index in [0.29, 0.717) is 51.4 Å². The van der Waals surface area contributed by atoms with Gasteiger partial charge in [-0.1, -0.05) is 6.58 Å². The molecule has 4 aromatic rings. The first-order valence-electron chi connectivity index (χ1n) is 11.2. The van der Waals surface area contributed by atoms with Gasteiger partial charge in [0.25, 0.3) is 0 Å². The molecule has 0 spiro atoms. The topological polar surface area (TPSA) is 68.5 Å². The highest BCUT2D eigenvalue weighted by Crippen LogP contribution is 2.45. The minimum Gasteiger partial charge on any atom is -0.497 e. The molecular weight excluding hydrogens is 460 g/mol. The van der Waals surface area contributed by atoms with Crippen LogP contribution in [-0.2, 0) is 0 Å². The second-order valence-electron chi connectivity index (χ2n) is 8.06. The molecule has 7 heteroatoms. The third-order valence-corrected chi connectivity index (χ3v) is 6.24. The van der Waals surface area contributed by atoms with Crippen LogP contribution in [0.5, 0.6) is 34.5 Å². The number of hydrogen-bond acceptors (Lipinski definition) is 7. The van der Waals surface area contributed by atoms with Crippen molar-refractivity contribution in [1.29, 1.82) is 0 Å². The lowest BCUT2D eigenvalue weighted by molar-refractivity contribution is 0.324. The summed E-state index contributed by atoms with van der Waals surface area (Å²) in [6.07, 6.45) is 0. The molecule has 7 nitrogen and oxygen atoms in total. The Hall–Kier alpha value is -4.26. The Morgan fingerprint density at radius 3 is 1.83 bits per heavy atom. The minimum absolute atomic E-state index is 0.515. The van der Waals surface area contributed by atoms with Crippen molar-refractivity contribution in [3.8, 4) is 45.6 Å². The van der Waals surface area contributed by atoms with Crippen LogP contribution in [0.4, 0.5) is 0 Å². The number of hydrogen-bond donors (Lipinski definition) is 0. The molecule has 0 N–H and O–H groups in total. The lowest BCUT2D eigenvalue weighted by atomic mass is 9.98. The zero-order valence-electron chi connectivity index (χ0n) is 21.6. The second-order valence-corrected chi connectivity index (χ2v) is 8.06. The van der Waals surface area contributed by atoms with Crippen molar-refractivity contribution in [2.45, 2.75) is 6.92 Å². The van der Waals surface area contributed by atoms with Gasteiger partial charge in [0.1, 0.15) is 28.6 Å². The Morgan fingerprint density at radius 2 is 1.28 bits per heavy atom. The SMILES string of the molecule is C=C(c1cc(OC)c(OC)c(OC)c1)c1oc2cc(OC)c(-c3ccc(OC)cc3OC)cc2c1C. The Bertz CT molecular complexity index is 1410. The van der Waals surface area contributed by atoms with Crippen LogP contribution < -0.4 is 28.4 Å². The third-order valence-electron chi connectivity index (χ3n) is 6.24. The highest BCUT2D eigenvalue weighted by Gasteiger charge is 2.22. The molecule has 0 aliphatic carbocycles. The normalized spacial score (nSPS) is 10.8. The molecule has 1 heterocycles. The zero-order valence-corrected chi connectivity index (χ0v) is 21.6. The number of rotatable bonds is 9. The van der Waals surface area contributed by atoms with E-state index in [0.717, 1.165) is 27.6 Å². The van der Waals surface area contributed by atoms with Crippen molar-refractivity contribution in [1.82, 2.24) is 0 Å². The van der Waals surface area contributed by atoms with Crippen LogP contribution in [0.15, 0.2) is 53.5 Å². The van der Waals surface area contributed by atoms with Gasteiger partial charge in [0.05, 0.1) is 42.7 Å². The minimum atomic E-state index is 0.515. The van der Waals surface area contributed by atoms with E-state index in [1.54, 1.807) is 42.7 Å². The molecule has 3 aromatic carbocycles. The van der Waals surface area contributed by atoms with E-state index in [-0.39, 0.29) is 0 Å². The Labute approximate surface area is 210 Å². The van der Waals surface area contributed by atoms with Gasteiger partial charge in [0.2, 0.25) is 5.75 Å². The smallest absolute Gasteiger partial charge is 0.203 e. The van der Waals surface area contributed by atoms with Crippen LogP contribution in [0.3, 0.4) is 0 Å². The number of furan rings is 1. The van der Waals surface area contributed by atoms with Crippen molar-refractivity contribution in [3.63, 3.8) is 0 Å². The number of ether oxygens (including phenoxy) is 6. The van der Waals surface area contributed by atoms with Crippen LogP contribution in [0, 0.1) is 6.92 Å². The molecule has 36 heavy (non-hydrogen) atoms. The molecule has 0 atom stereocenters. The highest BCUT2D eigenvalue weighted by molar-refractivity contribution is 5.95. The molecule has 0 radical (unpaired) electrons. The second kappa shape index (κ2) is 10.2. The summed E-state index contributed by atoms with van der Waals surface area (Å²) in [5.74, 6) is 4.29. The molecule has 0 bridgehead atoms. The molecule has 0 saturated heterocycles. The molecule has 4 rings (SSSR count). The standard InChI is InChI=1S/C29H30O7/c1-16(18-11-26(33-6)29(35-8)27(12-18)34-7)28-17(2)21-14-22(24(32-5)15-25(21)36-28)20-10-9-19(30-3)13-23(20)31-4/h9-15H,1H2,2-8H3. The molecule has 188 valence electrons.